The van der Waals surface area contributed by atoms with E-state index in [2.05, 4.69) is 0 Å². The average Bonchev–Trinajstić information content (AvgIpc) is 2.25. The van der Waals surface area contributed by atoms with Gasteiger partial charge in [-0.1, -0.05) is 6.07 Å². The van der Waals surface area contributed by atoms with Gasteiger partial charge in [0, 0.05) is 6.08 Å². The summed E-state index contributed by atoms with van der Waals surface area (Å²) in [5.74, 6) is 0.208. The minimum atomic E-state index is -0.982. The fourth-order valence-corrected chi connectivity index (χ4v) is 1.12. The molecule has 0 saturated carbocycles. The first-order chi connectivity index (χ1) is 7.17. The van der Waals surface area contributed by atoms with Gasteiger partial charge in [-0.05, 0) is 23.8 Å². The number of hydrogen-bond acceptors (Lipinski definition) is 3. The van der Waals surface area contributed by atoms with Gasteiger partial charge < -0.3 is 14.6 Å². The molecule has 0 spiro atoms. The number of ether oxygens (including phenoxy) is 2. The molecule has 0 unspecified atom stereocenters. The van der Waals surface area contributed by atoms with Gasteiger partial charge >= 0.3 is 57.4 Å². The number of methoxy groups -OCH3 is 2. The van der Waals surface area contributed by atoms with Gasteiger partial charge in [-0.2, -0.15) is 0 Å². The number of benzene rings is 1. The third kappa shape index (κ3) is 4.67. The van der Waals surface area contributed by atoms with E-state index >= 15 is 0 Å². The normalized spacial score (nSPS) is 9.62. The van der Waals surface area contributed by atoms with Gasteiger partial charge in [-0.15, -0.1) is 0 Å². The Hall–Kier alpha value is -0.334. The molecule has 5 heteroatoms. The molecule has 1 aromatic carbocycles. The molecule has 16 heavy (non-hydrogen) atoms. The number of aliphatic carboxylic acids is 1. The summed E-state index contributed by atoms with van der Waals surface area (Å²) in [5.41, 5.74) is 0.745. The van der Waals surface area contributed by atoms with Gasteiger partial charge in [0.15, 0.2) is 11.5 Å². The monoisotopic (exact) mass is 248 g/mol. The van der Waals surface area contributed by atoms with Crippen molar-refractivity contribution in [1.29, 1.82) is 0 Å². The summed E-state index contributed by atoms with van der Waals surface area (Å²) >= 11 is 0. The van der Waals surface area contributed by atoms with Crippen LogP contribution in [0.3, 0.4) is 0 Å². The second kappa shape index (κ2) is 7.86. The predicted molar refractivity (Wildman–Crippen MR) is 63.4 cm³/mol. The molecule has 0 aliphatic carbocycles. The molecule has 0 aliphatic rings. The molecule has 0 fully saturated rings. The molecular formula is C11H13KO4. The van der Waals surface area contributed by atoms with Crippen molar-refractivity contribution in [3.8, 4) is 11.5 Å². The first-order valence-corrected chi connectivity index (χ1v) is 4.30. The second-order valence-electron chi connectivity index (χ2n) is 2.79. The summed E-state index contributed by atoms with van der Waals surface area (Å²) < 4.78 is 10.1. The molecule has 0 aromatic heterocycles. The van der Waals surface area contributed by atoms with E-state index in [0.717, 1.165) is 11.6 Å². The fourth-order valence-electron chi connectivity index (χ4n) is 1.12. The van der Waals surface area contributed by atoms with Crippen LogP contribution in [0.5, 0.6) is 11.5 Å². The van der Waals surface area contributed by atoms with E-state index in [1.165, 1.54) is 13.2 Å². The Morgan fingerprint density at radius 2 is 1.88 bits per heavy atom. The van der Waals surface area contributed by atoms with Crippen LogP contribution in [-0.2, 0) is 4.79 Å². The Kier molecular flexibility index (Phi) is 7.70. The van der Waals surface area contributed by atoms with Crippen LogP contribution in [0.25, 0.3) is 6.08 Å². The predicted octanol–water partition coefficient (Wildman–Crippen LogP) is 1.15. The van der Waals surface area contributed by atoms with Gasteiger partial charge in [0.05, 0.1) is 14.2 Å². The molecule has 82 valence electrons. The summed E-state index contributed by atoms with van der Waals surface area (Å²) in [4.78, 5) is 10.3. The number of carboxylic acids is 1. The van der Waals surface area contributed by atoms with Crippen LogP contribution in [-0.4, -0.2) is 76.7 Å². The summed E-state index contributed by atoms with van der Waals surface area (Å²) in [5, 5.41) is 8.46. The number of hydrogen-bond donors (Lipinski definition) is 1. The molecule has 1 aromatic rings. The van der Waals surface area contributed by atoms with Gasteiger partial charge in [0.1, 0.15) is 0 Å². The Bertz CT molecular complexity index is 388. The summed E-state index contributed by atoms with van der Waals surface area (Å²) in [6, 6.07) is 5.18. The molecule has 4 nitrogen and oxygen atoms in total. The third-order valence-corrected chi connectivity index (χ3v) is 1.83. The Morgan fingerprint density at radius 1 is 1.25 bits per heavy atom. The Balaban J connectivity index is 0.00000225. The molecule has 1 N–H and O–H groups in total. The zero-order chi connectivity index (χ0) is 11.3. The zero-order valence-electron chi connectivity index (χ0n) is 8.56. The van der Waals surface area contributed by atoms with E-state index in [1.807, 2.05) is 0 Å². The topological polar surface area (TPSA) is 55.8 Å². The molecule has 0 saturated heterocycles. The summed E-state index contributed by atoms with van der Waals surface area (Å²) in [7, 11) is 3.08. The number of rotatable bonds is 4. The second-order valence-corrected chi connectivity index (χ2v) is 2.79. The number of carboxylic acid groups (broad SMARTS) is 1. The Morgan fingerprint density at radius 3 is 2.38 bits per heavy atom. The van der Waals surface area contributed by atoms with Crippen LogP contribution in [0.1, 0.15) is 5.56 Å². The van der Waals surface area contributed by atoms with Crippen molar-refractivity contribution >= 4 is 63.4 Å². The first kappa shape index (κ1) is 15.7. The van der Waals surface area contributed by atoms with Crippen molar-refractivity contribution in [3.05, 3.63) is 29.8 Å². The van der Waals surface area contributed by atoms with Crippen LogP contribution < -0.4 is 9.47 Å². The van der Waals surface area contributed by atoms with E-state index in [-0.39, 0.29) is 51.4 Å². The van der Waals surface area contributed by atoms with Gasteiger partial charge in [0.2, 0.25) is 0 Å². The maximum atomic E-state index is 10.3. The Labute approximate surface area is 137 Å². The van der Waals surface area contributed by atoms with Crippen LogP contribution in [0.15, 0.2) is 24.3 Å². The molecular weight excluding hydrogens is 235 g/mol. The van der Waals surface area contributed by atoms with Gasteiger partial charge in [-0.3, -0.25) is 0 Å². The summed E-state index contributed by atoms with van der Waals surface area (Å²) in [6.07, 6.45) is 2.56. The molecule has 0 heterocycles. The minimum absolute atomic E-state index is 0. The average molecular weight is 248 g/mol. The van der Waals surface area contributed by atoms with E-state index in [9.17, 15) is 4.79 Å². The van der Waals surface area contributed by atoms with Crippen LogP contribution in [0, 0.1) is 0 Å². The SMILES string of the molecule is COc1ccc(/C=C/C(=O)O)cc1OC.[KH]. The molecule has 0 aliphatic heterocycles. The van der Waals surface area contributed by atoms with Crippen LogP contribution >= 0.6 is 0 Å². The van der Waals surface area contributed by atoms with Gasteiger partial charge in [-0.25, -0.2) is 4.79 Å². The fraction of sp³-hybridized carbons (Fsp3) is 0.182. The van der Waals surface area contributed by atoms with Crippen molar-refractivity contribution in [2.75, 3.05) is 14.2 Å². The number of carbonyl (C=O) groups is 1. The quantitative estimate of drug-likeness (QED) is 0.641. The first-order valence-electron chi connectivity index (χ1n) is 4.30. The third-order valence-electron chi connectivity index (χ3n) is 1.83. The van der Waals surface area contributed by atoms with E-state index in [1.54, 1.807) is 25.3 Å². The molecule has 0 bridgehead atoms. The van der Waals surface area contributed by atoms with Crippen molar-refractivity contribution in [1.82, 2.24) is 0 Å². The molecule has 1 rings (SSSR count). The standard InChI is InChI=1S/C11H12O4.K.H/c1-14-9-5-3-8(4-6-11(12)13)7-10(9)15-2;;/h3-7H,1-2H3,(H,12,13);;/b6-4+;;. The molecule has 0 atom stereocenters. The van der Waals surface area contributed by atoms with Crippen molar-refractivity contribution < 1.29 is 19.4 Å². The summed E-state index contributed by atoms with van der Waals surface area (Å²) in [6.45, 7) is 0. The molecule has 0 radical (unpaired) electrons. The van der Waals surface area contributed by atoms with E-state index in [4.69, 9.17) is 14.6 Å². The van der Waals surface area contributed by atoms with Crippen LogP contribution in [0.4, 0.5) is 0 Å². The van der Waals surface area contributed by atoms with Crippen molar-refractivity contribution in [3.63, 3.8) is 0 Å². The maximum absolute atomic E-state index is 10.3. The zero-order valence-corrected chi connectivity index (χ0v) is 8.56. The van der Waals surface area contributed by atoms with Crippen molar-refractivity contribution in [2.24, 2.45) is 0 Å². The van der Waals surface area contributed by atoms with Crippen LogP contribution in [0.2, 0.25) is 0 Å². The van der Waals surface area contributed by atoms with E-state index < -0.39 is 5.97 Å². The van der Waals surface area contributed by atoms with E-state index in [0.29, 0.717) is 11.5 Å². The molecule has 0 amide bonds. The van der Waals surface area contributed by atoms with Crippen molar-refractivity contribution in [2.45, 2.75) is 0 Å². The van der Waals surface area contributed by atoms with Gasteiger partial charge in [0.25, 0.3) is 0 Å².